The van der Waals surface area contributed by atoms with Gasteiger partial charge in [0.05, 0.1) is 22.0 Å². The van der Waals surface area contributed by atoms with Crippen LogP contribution in [0.15, 0.2) is 36.4 Å². The van der Waals surface area contributed by atoms with Crippen LogP contribution in [-0.2, 0) is 10.0 Å². The molecule has 0 unspecified atom stereocenters. The minimum Gasteiger partial charge on any atom is -0.396 e. The Kier molecular flexibility index (Phi) is 5.03. The van der Waals surface area contributed by atoms with Crippen molar-refractivity contribution < 1.29 is 13.2 Å². The molecule has 122 valence electrons. The van der Waals surface area contributed by atoms with E-state index in [0.717, 1.165) is 6.26 Å². The Balaban J connectivity index is 2.23. The Morgan fingerprint density at radius 2 is 1.70 bits per heavy atom. The van der Waals surface area contributed by atoms with Gasteiger partial charge in [0.15, 0.2) is 0 Å². The lowest BCUT2D eigenvalue weighted by molar-refractivity contribution is 0.102. The minimum atomic E-state index is -3.43. The van der Waals surface area contributed by atoms with E-state index in [0.29, 0.717) is 5.69 Å². The Labute approximate surface area is 143 Å². The van der Waals surface area contributed by atoms with E-state index in [-0.39, 0.29) is 27.0 Å². The third kappa shape index (κ3) is 4.75. The predicted molar refractivity (Wildman–Crippen MR) is 93.7 cm³/mol. The van der Waals surface area contributed by atoms with Crippen molar-refractivity contribution in [1.82, 2.24) is 0 Å². The van der Waals surface area contributed by atoms with Gasteiger partial charge in [0.1, 0.15) is 0 Å². The third-order valence-electron chi connectivity index (χ3n) is 2.76. The number of sulfonamides is 1. The third-order valence-corrected chi connectivity index (χ3v) is 4.00. The smallest absolute Gasteiger partial charge is 0.255 e. The average Bonchev–Trinajstić information content (AvgIpc) is 2.43. The van der Waals surface area contributed by atoms with Crippen molar-refractivity contribution in [3.63, 3.8) is 0 Å². The first-order valence-corrected chi connectivity index (χ1v) is 8.94. The van der Waals surface area contributed by atoms with Crippen LogP contribution in [-0.4, -0.2) is 20.6 Å². The molecule has 4 N–H and O–H groups in total. The zero-order chi connectivity index (χ0) is 17.2. The highest BCUT2D eigenvalue weighted by atomic mass is 35.5. The molecule has 0 bridgehead atoms. The number of nitrogens with two attached hydrogens (primary N) is 1. The molecule has 0 aliphatic carbocycles. The summed E-state index contributed by atoms with van der Waals surface area (Å²) in [4.78, 5) is 12.2. The summed E-state index contributed by atoms with van der Waals surface area (Å²) in [7, 11) is -3.43. The number of amides is 1. The Bertz CT molecular complexity index is 846. The molecule has 0 heterocycles. The fourth-order valence-corrected chi connectivity index (χ4v) is 2.84. The van der Waals surface area contributed by atoms with Crippen LogP contribution in [0.1, 0.15) is 10.4 Å². The van der Waals surface area contributed by atoms with E-state index >= 15 is 0 Å². The number of carbonyl (C=O) groups is 1. The summed E-state index contributed by atoms with van der Waals surface area (Å²) in [6.45, 7) is 0. The molecule has 0 saturated carbocycles. The molecule has 0 saturated heterocycles. The van der Waals surface area contributed by atoms with E-state index < -0.39 is 15.9 Å². The Morgan fingerprint density at radius 3 is 2.26 bits per heavy atom. The zero-order valence-electron chi connectivity index (χ0n) is 11.9. The molecule has 2 aromatic rings. The second-order valence-corrected chi connectivity index (χ2v) is 7.33. The van der Waals surface area contributed by atoms with Crippen LogP contribution in [0, 0.1) is 0 Å². The number of hydrogen-bond donors (Lipinski definition) is 3. The standard InChI is InChI=1S/C14H13Cl2N3O3S/c1-23(21,22)19-9-4-2-3-8(5-9)14(20)18-10-6-11(15)13(17)12(16)7-10/h2-7,19H,17H2,1H3,(H,18,20). The van der Waals surface area contributed by atoms with Gasteiger partial charge < -0.3 is 11.1 Å². The van der Waals surface area contributed by atoms with Crippen molar-refractivity contribution in [3.8, 4) is 0 Å². The number of rotatable bonds is 4. The van der Waals surface area contributed by atoms with Crippen molar-refractivity contribution in [3.05, 3.63) is 52.0 Å². The Morgan fingerprint density at radius 1 is 1.09 bits per heavy atom. The van der Waals surface area contributed by atoms with E-state index in [1.807, 2.05) is 0 Å². The fraction of sp³-hybridized carbons (Fsp3) is 0.0714. The summed E-state index contributed by atoms with van der Waals surface area (Å²) in [5.74, 6) is -0.445. The number of hydrogen-bond acceptors (Lipinski definition) is 4. The minimum absolute atomic E-state index is 0.222. The van der Waals surface area contributed by atoms with Gasteiger partial charge in [-0.05, 0) is 30.3 Å². The highest BCUT2D eigenvalue weighted by molar-refractivity contribution is 7.92. The maximum atomic E-state index is 12.2. The van der Waals surface area contributed by atoms with Gasteiger partial charge in [-0.1, -0.05) is 29.3 Å². The molecule has 2 rings (SSSR count). The summed E-state index contributed by atoms with van der Waals surface area (Å²) < 4.78 is 24.8. The van der Waals surface area contributed by atoms with Crippen LogP contribution in [0.5, 0.6) is 0 Å². The van der Waals surface area contributed by atoms with Gasteiger partial charge in [-0.3, -0.25) is 9.52 Å². The SMILES string of the molecule is CS(=O)(=O)Nc1cccc(C(=O)Nc2cc(Cl)c(N)c(Cl)c2)c1. The van der Waals surface area contributed by atoms with Gasteiger partial charge in [-0.2, -0.15) is 0 Å². The zero-order valence-corrected chi connectivity index (χ0v) is 14.3. The van der Waals surface area contributed by atoms with Crippen LogP contribution in [0.25, 0.3) is 0 Å². The quantitative estimate of drug-likeness (QED) is 0.716. The number of carbonyl (C=O) groups excluding carboxylic acids is 1. The second-order valence-electron chi connectivity index (χ2n) is 4.76. The van der Waals surface area contributed by atoms with Gasteiger partial charge in [-0.15, -0.1) is 0 Å². The number of halogens is 2. The molecule has 6 nitrogen and oxygen atoms in total. The maximum Gasteiger partial charge on any atom is 0.255 e. The van der Waals surface area contributed by atoms with Crippen LogP contribution in [0.3, 0.4) is 0 Å². The van der Waals surface area contributed by atoms with Gasteiger partial charge in [-0.25, -0.2) is 8.42 Å². The van der Waals surface area contributed by atoms with Gasteiger partial charge in [0.25, 0.3) is 5.91 Å². The summed E-state index contributed by atoms with van der Waals surface area (Å²) in [6, 6.07) is 9.00. The first-order valence-electron chi connectivity index (χ1n) is 6.29. The van der Waals surface area contributed by atoms with E-state index in [4.69, 9.17) is 28.9 Å². The van der Waals surface area contributed by atoms with E-state index in [9.17, 15) is 13.2 Å². The van der Waals surface area contributed by atoms with Crippen LogP contribution < -0.4 is 15.8 Å². The van der Waals surface area contributed by atoms with E-state index in [1.54, 1.807) is 12.1 Å². The molecule has 0 atom stereocenters. The normalized spacial score (nSPS) is 11.1. The van der Waals surface area contributed by atoms with Gasteiger partial charge in [0, 0.05) is 16.9 Å². The van der Waals surface area contributed by atoms with Gasteiger partial charge >= 0.3 is 0 Å². The molecule has 0 spiro atoms. The molecule has 2 aromatic carbocycles. The number of benzene rings is 2. The van der Waals surface area contributed by atoms with Crippen LogP contribution in [0.4, 0.5) is 17.1 Å². The topological polar surface area (TPSA) is 101 Å². The van der Waals surface area contributed by atoms with E-state index in [2.05, 4.69) is 10.0 Å². The number of nitrogens with one attached hydrogen (secondary N) is 2. The first kappa shape index (κ1) is 17.4. The highest BCUT2D eigenvalue weighted by Gasteiger charge is 2.11. The van der Waals surface area contributed by atoms with Crippen LogP contribution >= 0.6 is 23.2 Å². The Hall–Kier alpha value is -1.96. The summed E-state index contributed by atoms with van der Waals surface area (Å²) in [5.41, 5.74) is 6.78. The summed E-state index contributed by atoms with van der Waals surface area (Å²) >= 11 is 11.8. The molecular formula is C14H13Cl2N3O3S. The largest absolute Gasteiger partial charge is 0.396 e. The molecule has 23 heavy (non-hydrogen) atoms. The second kappa shape index (κ2) is 6.66. The lowest BCUT2D eigenvalue weighted by Gasteiger charge is -2.10. The molecule has 0 aliphatic heterocycles. The maximum absolute atomic E-state index is 12.2. The monoisotopic (exact) mass is 373 g/mol. The molecular weight excluding hydrogens is 361 g/mol. The van der Waals surface area contributed by atoms with Crippen molar-refractivity contribution >= 4 is 56.2 Å². The lowest BCUT2D eigenvalue weighted by atomic mass is 10.2. The van der Waals surface area contributed by atoms with Crippen LogP contribution in [0.2, 0.25) is 10.0 Å². The predicted octanol–water partition coefficient (Wildman–Crippen LogP) is 3.20. The van der Waals surface area contributed by atoms with Crippen molar-refractivity contribution in [2.75, 3.05) is 22.0 Å². The van der Waals surface area contributed by atoms with Crippen molar-refractivity contribution in [2.45, 2.75) is 0 Å². The first-order chi connectivity index (χ1) is 10.7. The average molecular weight is 374 g/mol. The molecule has 9 heteroatoms. The molecule has 0 aliphatic rings. The van der Waals surface area contributed by atoms with Crippen molar-refractivity contribution in [2.24, 2.45) is 0 Å². The molecule has 1 amide bonds. The molecule has 0 radical (unpaired) electrons. The molecule has 0 aromatic heterocycles. The number of nitrogen functional groups attached to an aromatic ring is 1. The summed E-state index contributed by atoms with van der Waals surface area (Å²) in [6.07, 6.45) is 1.03. The van der Waals surface area contributed by atoms with Gasteiger partial charge in [0.2, 0.25) is 10.0 Å². The fourth-order valence-electron chi connectivity index (χ4n) is 1.80. The molecule has 0 fully saturated rings. The van der Waals surface area contributed by atoms with E-state index in [1.165, 1.54) is 24.3 Å². The number of anilines is 3. The summed E-state index contributed by atoms with van der Waals surface area (Å²) in [5, 5.41) is 3.06. The van der Waals surface area contributed by atoms with Crippen molar-refractivity contribution in [1.29, 1.82) is 0 Å². The lowest BCUT2D eigenvalue weighted by Crippen LogP contribution is -2.14. The highest BCUT2D eigenvalue weighted by Crippen LogP contribution is 2.31.